The number of benzene rings is 2. The third kappa shape index (κ3) is 3.78. The average Bonchev–Trinajstić information content (AvgIpc) is 3.26. The maximum absolute atomic E-state index is 12.9. The van der Waals surface area contributed by atoms with Crippen LogP contribution in [0.4, 0.5) is 5.69 Å². The summed E-state index contributed by atoms with van der Waals surface area (Å²) in [6, 6.07) is 14.0. The molecular formula is C22H22N2O2S. The Morgan fingerprint density at radius 3 is 2.78 bits per heavy atom. The Hall–Kier alpha value is -2.53. The molecule has 1 aromatic heterocycles. The first kappa shape index (κ1) is 17.9. The van der Waals surface area contributed by atoms with E-state index in [1.54, 1.807) is 11.8 Å². The molecule has 5 heteroatoms. The molecule has 1 heterocycles. The Morgan fingerprint density at radius 1 is 1.15 bits per heavy atom. The van der Waals surface area contributed by atoms with Gasteiger partial charge in [0.25, 0.3) is 5.91 Å². The lowest BCUT2D eigenvalue weighted by atomic mass is 10.1. The van der Waals surface area contributed by atoms with Crippen LogP contribution >= 0.6 is 11.8 Å². The molecule has 27 heavy (non-hydrogen) atoms. The highest BCUT2D eigenvalue weighted by atomic mass is 32.2. The number of hydrogen-bond acceptors (Lipinski definition) is 4. The van der Waals surface area contributed by atoms with E-state index < -0.39 is 0 Å². The Bertz CT molecular complexity index is 974. The van der Waals surface area contributed by atoms with Crippen LogP contribution in [0.1, 0.15) is 44.9 Å². The van der Waals surface area contributed by atoms with Crippen LogP contribution in [-0.2, 0) is 18.6 Å². The van der Waals surface area contributed by atoms with E-state index in [9.17, 15) is 4.79 Å². The molecule has 2 aromatic carbocycles. The van der Waals surface area contributed by atoms with E-state index >= 15 is 0 Å². The lowest BCUT2D eigenvalue weighted by Crippen LogP contribution is -2.13. The van der Waals surface area contributed by atoms with Crippen LogP contribution in [0.3, 0.4) is 0 Å². The fraction of sp³-hybridized carbons (Fsp3) is 0.273. The van der Waals surface area contributed by atoms with E-state index in [1.807, 2.05) is 44.2 Å². The number of nitrogens with one attached hydrogen (secondary N) is 1. The van der Waals surface area contributed by atoms with Crippen molar-refractivity contribution in [2.45, 2.75) is 43.8 Å². The summed E-state index contributed by atoms with van der Waals surface area (Å²) in [4.78, 5) is 13.8. The van der Waals surface area contributed by atoms with Crippen molar-refractivity contribution in [2.24, 2.45) is 0 Å². The fourth-order valence-electron chi connectivity index (χ4n) is 3.49. The molecule has 3 aromatic rings. The number of fused-ring (bicyclic) bond motifs is 1. The molecule has 4 nitrogen and oxygen atoms in total. The molecule has 0 fully saturated rings. The molecule has 0 saturated heterocycles. The minimum absolute atomic E-state index is 0.0743. The van der Waals surface area contributed by atoms with Crippen molar-refractivity contribution in [3.8, 4) is 0 Å². The van der Waals surface area contributed by atoms with Gasteiger partial charge in [-0.15, -0.1) is 11.8 Å². The molecule has 1 aliphatic rings. The second-order valence-corrected chi connectivity index (χ2v) is 7.90. The monoisotopic (exact) mass is 378 g/mol. The summed E-state index contributed by atoms with van der Waals surface area (Å²) in [7, 11) is 0. The number of amides is 1. The second kappa shape index (κ2) is 7.61. The van der Waals surface area contributed by atoms with Crippen molar-refractivity contribution >= 4 is 23.4 Å². The van der Waals surface area contributed by atoms with Crippen molar-refractivity contribution < 1.29 is 9.32 Å². The summed E-state index contributed by atoms with van der Waals surface area (Å²) in [5.41, 5.74) is 6.31. The summed E-state index contributed by atoms with van der Waals surface area (Å²) in [5, 5.41) is 7.06. The minimum Gasteiger partial charge on any atom is -0.361 e. The second-order valence-electron chi connectivity index (χ2n) is 6.88. The molecular weight excluding hydrogens is 356 g/mol. The predicted molar refractivity (Wildman–Crippen MR) is 108 cm³/mol. The predicted octanol–water partition coefficient (Wildman–Crippen LogP) is 5.32. The van der Waals surface area contributed by atoms with Crippen LogP contribution < -0.4 is 5.32 Å². The highest BCUT2D eigenvalue weighted by Gasteiger charge is 2.16. The number of hydrogen-bond donors (Lipinski definition) is 1. The largest absolute Gasteiger partial charge is 0.361 e. The van der Waals surface area contributed by atoms with Gasteiger partial charge in [-0.3, -0.25) is 4.79 Å². The molecule has 0 unspecified atom stereocenters. The number of aromatic nitrogens is 1. The SMILES string of the molecule is Cc1noc(C)c1CSc1ccccc1C(=O)Nc1ccc2c(c1)CCC2. The van der Waals surface area contributed by atoms with E-state index in [0.29, 0.717) is 5.56 Å². The maximum atomic E-state index is 12.9. The van der Waals surface area contributed by atoms with E-state index in [1.165, 1.54) is 17.5 Å². The van der Waals surface area contributed by atoms with Gasteiger partial charge in [0, 0.05) is 21.9 Å². The van der Waals surface area contributed by atoms with Crippen LogP contribution in [0.5, 0.6) is 0 Å². The zero-order valence-corrected chi connectivity index (χ0v) is 16.4. The van der Waals surface area contributed by atoms with Gasteiger partial charge in [0.1, 0.15) is 5.76 Å². The average molecular weight is 378 g/mol. The summed E-state index contributed by atoms with van der Waals surface area (Å²) >= 11 is 1.63. The molecule has 0 spiro atoms. The van der Waals surface area contributed by atoms with Gasteiger partial charge in [0.05, 0.1) is 11.3 Å². The van der Waals surface area contributed by atoms with Crippen LogP contribution in [0.2, 0.25) is 0 Å². The number of aryl methyl sites for hydroxylation is 4. The molecule has 1 N–H and O–H groups in total. The van der Waals surface area contributed by atoms with E-state index in [0.717, 1.165) is 46.2 Å². The van der Waals surface area contributed by atoms with Crippen molar-refractivity contribution in [1.29, 1.82) is 0 Å². The van der Waals surface area contributed by atoms with Crippen molar-refractivity contribution in [2.75, 3.05) is 5.32 Å². The maximum Gasteiger partial charge on any atom is 0.256 e. The normalized spacial score (nSPS) is 12.8. The fourth-order valence-corrected chi connectivity index (χ4v) is 4.69. The van der Waals surface area contributed by atoms with Crippen LogP contribution in [-0.4, -0.2) is 11.1 Å². The summed E-state index contributed by atoms with van der Waals surface area (Å²) < 4.78 is 5.23. The summed E-state index contributed by atoms with van der Waals surface area (Å²) in [5.74, 6) is 1.49. The van der Waals surface area contributed by atoms with Gasteiger partial charge < -0.3 is 9.84 Å². The highest BCUT2D eigenvalue weighted by Crippen LogP contribution is 2.30. The Balaban J connectivity index is 1.51. The molecule has 138 valence electrons. The zero-order valence-electron chi connectivity index (χ0n) is 15.5. The standard InChI is InChI=1S/C22H22N2O2S/c1-14-20(15(2)26-24-14)13-27-21-9-4-3-8-19(21)22(25)23-18-11-10-16-6-5-7-17(16)12-18/h3-4,8-12H,5-7,13H2,1-2H3,(H,23,25). The molecule has 0 saturated carbocycles. The van der Waals surface area contributed by atoms with Gasteiger partial charge in [-0.2, -0.15) is 0 Å². The third-order valence-corrected chi connectivity index (χ3v) is 6.14. The number of carbonyl (C=O) groups is 1. The van der Waals surface area contributed by atoms with E-state index in [4.69, 9.17) is 4.52 Å². The van der Waals surface area contributed by atoms with Gasteiger partial charge in [0.15, 0.2) is 0 Å². The summed E-state index contributed by atoms with van der Waals surface area (Å²) in [6.07, 6.45) is 3.45. The molecule has 4 rings (SSSR count). The van der Waals surface area contributed by atoms with Gasteiger partial charge in [-0.25, -0.2) is 0 Å². The number of anilines is 1. The van der Waals surface area contributed by atoms with Crippen LogP contribution in [0.25, 0.3) is 0 Å². The lowest BCUT2D eigenvalue weighted by Gasteiger charge is -2.11. The van der Waals surface area contributed by atoms with Gasteiger partial charge in [-0.05, 0) is 68.5 Å². The van der Waals surface area contributed by atoms with Crippen molar-refractivity contribution in [3.05, 3.63) is 76.2 Å². The first-order valence-electron chi connectivity index (χ1n) is 9.18. The van der Waals surface area contributed by atoms with E-state index in [-0.39, 0.29) is 5.91 Å². The highest BCUT2D eigenvalue weighted by molar-refractivity contribution is 7.98. The molecule has 0 radical (unpaired) electrons. The Kier molecular flexibility index (Phi) is 5.03. The van der Waals surface area contributed by atoms with Crippen LogP contribution in [0.15, 0.2) is 51.9 Å². The molecule has 0 bridgehead atoms. The van der Waals surface area contributed by atoms with Crippen LogP contribution in [0, 0.1) is 13.8 Å². The lowest BCUT2D eigenvalue weighted by molar-refractivity contribution is 0.102. The topological polar surface area (TPSA) is 55.1 Å². The first-order valence-corrected chi connectivity index (χ1v) is 10.2. The smallest absolute Gasteiger partial charge is 0.256 e. The zero-order chi connectivity index (χ0) is 18.8. The van der Waals surface area contributed by atoms with Crippen molar-refractivity contribution in [3.63, 3.8) is 0 Å². The first-order chi connectivity index (χ1) is 13.1. The number of thioether (sulfide) groups is 1. The van der Waals surface area contributed by atoms with Gasteiger partial charge in [0.2, 0.25) is 0 Å². The molecule has 0 atom stereocenters. The molecule has 1 amide bonds. The van der Waals surface area contributed by atoms with Crippen molar-refractivity contribution in [1.82, 2.24) is 5.16 Å². The van der Waals surface area contributed by atoms with Gasteiger partial charge in [-0.1, -0.05) is 23.4 Å². The molecule has 0 aliphatic heterocycles. The number of carbonyl (C=O) groups excluding carboxylic acids is 1. The third-order valence-electron chi connectivity index (χ3n) is 5.04. The quantitative estimate of drug-likeness (QED) is 0.610. The number of rotatable bonds is 5. The van der Waals surface area contributed by atoms with Gasteiger partial charge >= 0.3 is 0 Å². The Labute approximate surface area is 163 Å². The number of nitrogens with zero attached hydrogens (tertiary/aromatic N) is 1. The summed E-state index contributed by atoms with van der Waals surface area (Å²) in [6.45, 7) is 3.86. The Morgan fingerprint density at radius 2 is 1.96 bits per heavy atom. The minimum atomic E-state index is -0.0743. The molecule has 1 aliphatic carbocycles. The van der Waals surface area contributed by atoms with E-state index in [2.05, 4.69) is 22.6 Å².